The van der Waals surface area contributed by atoms with Gasteiger partial charge in [0.05, 0.1) is 5.02 Å². The average molecular weight is 340 g/mol. The van der Waals surface area contributed by atoms with E-state index < -0.39 is 0 Å². The second-order valence-electron chi connectivity index (χ2n) is 6.36. The van der Waals surface area contributed by atoms with Gasteiger partial charge in [0.1, 0.15) is 12.4 Å². The topological polar surface area (TPSA) is 53.6 Å². The van der Waals surface area contributed by atoms with Crippen LogP contribution >= 0.6 is 11.6 Å². The molecule has 1 fully saturated rings. The molecular formula is C17H26ClN3O2. The summed E-state index contributed by atoms with van der Waals surface area (Å²) in [5.74, 6) is 0.763. The van der Waals surface area contributed by atoms with Gasteiger partial charge in [-0.15, -0.1) is 0 Å². The second kappa shape index (κ2) is 8.52. The number of carbonyl (C=O) groups is 1. The van der Waals surface area contributed by atoms with Crippen LogP contribution in [-0.2, 0) is 4.79 Å². The zero-order chi connectivity index (χ0) is 16.8. The van der Waals surface area contributed by atoms with Crippen molar-refractivity contribution in [2.75, 3.05) is 39.1 Å². The molecule has 1 amide bonds. The van der Waals surface area contributed by atoms with E-state index in [1.165, 1.54) is 0 Å². The summed E-state index contributed by atoms with van der Waals surface area (Å²) in [6.07, 6.45) is 1.74. The van der Waals surface area contributed by atoms with Crippen molar-refractivity contribution < 1.29 is 9.53 Å². The van der Waals surface area contributed by atoms with E-state index in [1.54, 1.807) is 12.1 Å². The fourth-order valence-electron chi connectivity index (χ4n) is 2.65. The molecule has 1 saturated heterocycles. The van der Waals surface area contributed by atoms with Crippen LogP contribution in [0.5, 0.6) is 5.75 Å². The Hall–Kier alpha value is -1.30. The van der Waals surface area contributed by atoms with E-state index in [2.05, 4.69) is 17.6 Å². The summed E-state index contributed by atoms with van der Waals surface area (Å²) in [6.45, 7) is 4.39. The van der Waals surface area contributed by atoms with Crippen molar-refractivity contribution in [1.82, 2.24) is 10.2 Å². The van der Waals surface area contributed by atoms with Gasteiger partial charge in [-0.2, -0.15) is 0 Å². The van der Waals surface area contributed by atoms with Crippen LogP contribution in [0.3, 0.4) is 0 Å². The summed E-state index contributed by atoms with van der Waals surface area (Å²) in [4.78, 5) is 14.4. The van der Waals surface area contributed by atoms with Gasteiger partial charge in [-0.3, -0.25) is 4.79 Å². The lowest BCUT2D eigenvalue weighted by Crippen LogP contribution is -2.40. The Morgan fingerprint density at radius 3 is 2.91 bits per heavy atom. The zero-order valence-corrected chi connectivity index (χ0v) is 14.8. The molecule has 2 atom stereocenters. The van der Waals surface area contributed by atoms with E-state index in [0.29, 0.717) is 29.1 Å². The van der Waals surface area contributed by atoms with Crippen molar-refractivity contribution in [2.24, 2.45) is 5.92 Å². The molecule has 1 aliphatic heterocycles. The number of ether oxygens (including phenoxy) is 1. The first-order chi connectivity index (χ1) is 11.0. The van der Waals surface area contributed by atoms with Gasteiger partial charge in [0.25, 0.3) is 0 Å². The number of rotatable bonds is 6. The van der Waals surface area contributed by atoms with Crippen LogP contribution in [-0.4, -0.2) is 50.6 Å². The van der Waals surface area contributed by atoms with E-state index in [0.717, 1.165) is 25.9 Å². The van der Waals surface area contributed by atoms with Gasteiger partial charge in [0.2, 0.25) is 5.91 Å². The molecule has 0 aromatic heterocycles. The van der Waals surface area contributed by atoms with Crippen molar-refractivity contribution in [3.05, 3.63) is 23.2 Å². The molecule has 0 saturated carbocycles. The lowest BCUT2D eigenvalue weighted by atomic mass is 9.92. The molecule has 0 bridgehead atoms. The number of carbonyl (C=O) groups excluding carboxylic acids is 1. The quantitative estimate of drug-likeness (QED) is 0.836. The van der Waals surface area contributed by atoms with Gasteiger partial charge in [-0.1, -0.05) is 11.6 Å². The summed E-state index contributed by atoms with van der Waals surface area (Å²) < 4.78 is 5.64. The van der Waals surface area contributed by atoms with Crippen molar-refractivity contribution in [2.45, 2.75) is 25.8 Å². The fourth-order valence-corrected chi connectivity index (χ4v) is 2.88. The normalized spacial score (nSPS) is 21.3. The van der Waals surface area contributed by atoms with Crippen LogP contribution in [0, 0.1) is 5.92 Å². The first-order valence-corrected chi connectivity index (χ1v) is 8.45. The first-order valence-electron chi connectivity index (χ1n) is 8.07. The van der Waals surface area contributed by atoms with E-state index in [1.807, 2.05) is 25.1 Å². The Labute approximate surface area is 143 Å². The van der Waals surface area contributed by atoms with Gasteiger partial charge < -0.3 is 20.3 Å². The van der Waals surface area contributed by atoms with Crippen LogP contribution in [0.15, 0.2) is 18.2 Å². The van der Waals surface area contributed by atoms with Crippen LogP contribution in [0.1, 0.15) is 19.8 Å². The maximum Gasteiger partial charge on any atom is 0.227 e. The third-order valence-corrected chi connectivity index (χ3v) is 4.29. The minimum atomic E-state index is 0.0565. The molecule has 2 N–H and O–H groups in total. The Bertz CT molecular complexity index is 537. The highest BCUT2D eigenvalue weighted by Gasteiger charge is 2.24. The number of nitrogens with one attached hydrogen (secondary N) is 2. The minimum absolute atomic E-state index is 0.0565. The monoisotopic (exact) mass is 339 g/mol. The number of nitrogens with zero attached hydrogens (tertiary/aromatic N) is 1. The summed E-state index contributed by atoms with van der Waals surface area (Å²) in [7, 11) is 3.98. The molecule has 0 unspecified atom stereocenters. The van der Waals surface area contributed by atoms with E-state index in [4.69, 9.17) is 16.3 Å². The van der Waals surface area contributed by atoms with E-state index in [9.17, 15) is 4.79 Å². The van der Waals surface area contributed by atoms with Crippen molar-refractivity contribution in [3.63, 3.8) is 0 Å². The smallest absolute Gasteiger partial charge is 0.227 e. The number of amides is 1. The molecule has 5 nitrogen and oxygen atoms in total. The highest BCUT2D eigenvalue weighted by Crippen LogP contribution is 2.28. The van der Waals surface area contributed by atoms with Crippen LogP contribution in [0.25, 0.3) is 0 Å². The molecule has 6 heteroatoms. The summed E-state index contributed by atoms with van der Waals surface area (Å²) in [5.41, 5.74) is 0.714. The van der Waals surface area contributed by atoms with Crippen molar-refractivity contribution in [3.8, 4) is 5.75 Å². The van der Waals surface area contributed by atoms with Crippen molar-refractivity contribution in [1.29, 1.82) is 0 Å². The number of piperidine rings is 1. The SMILES string of the molecule is C[C@H]1C[C@@H](C(=O)Nc2ccc(OCCN(C)C)c(Cl)c2)CCN1. The standard InChI is InChI=1S/C17H26ClN3O2/c1-12-10-13(6-7-19-12)17(22)20-14-4-5-16(15(18)11-14)23-9-8-21(2)3/h4-5,11-13,19H,6-10H2,1-3H3,(H,20,22)/t12-,13-/m0/s1. The molecule has 128 valence electrons. The minimum Gasteiger partial charge on any atom is -0.491 e. The Morgan fingerprint density at radius 1 is 1.48 bits per heavy atom. The van der Waals surface area contributed by atoms with Crippen molar-refractivity contribution >= 4 is 23.2 Å². The molecule has 1 aromatic rings. The molecule has 0 aliphatic carbocycles. The average Bonchev–Trinajstić information content (AvgIpc) is 2.49. The summed E-state index contributed by atoms with van der Waals surface area (Å²) in [5, 5.41) is 6.83. The highest BCUT2D eigenvalue weighted by molar-refractivity contribution is 6.32. The molecule has 23 heavy (non-hydrogen) atoms. The molecule has 1 heterocycles. The highest BCUT2D eigenvalue weighted by atomic mass is 35.5. The van der Waals surface area contributed by atoms with E-state index >= 15 is 0 Å². The van der Waals surface area contributed by atoms with Crippen LogP contribution < -0.4 is 15.4 Å². The molecule has 1 aromatic carbocycles. The maximum atomic E-state index is 12.3. The van der Waals surface area contributed by atoms with Crippen LogP contribution in [0.2, 0.25) is 5.02 Å². The molecular weight excluding hydrogens is 314 g/mol. The lowest BCUT2D eigenvalue weighted by Gasteiger charge is -2.27. The summed E-state index contributed by atoms with van der Waals surface area (Å²) in [6, 6.07) is 5.77. The zero-order valence-electron chi connectivity index (χ0n) is 14.1. The van der Waals surface area contributed by atoms with Gasteiger partial charge in [-0.25, -0.2) is 0 Å². The number of anilines is 1. The Balaban J connectivity index is 1.90. The van der Waals surface area contributed by atoms with Gasteiger partial charge in [0, 0.05) is 24.2 Å². The van der Waals surface area contributed by atoms with Crippen LogP contribution in [0.4, 0.5) is 5.69 Å². The molecule has 0 spiro atoms. The fraction of sp³-hybridized carbons (Fsp3) is 0.588. The third-order valence-electron chi connectivity index (χ3n) is 3.99. The molecule has 0 radical (unpaired) electrons. The van der Waals surface area contributed by atoms with Gasteiger partial charge in [-0.05, 0) is 58.6 Å². The predicted molar refractivity (Wildman–Crippen MR) is 94.3 cm³/mol. The largest absolute Gasteiger partial charge is 0.491 e. The number of benzene rings is 1. The van der Waals surface area contributed by atoms with Gasteiger partial charge >= 0.3 is 0 Å². The Morgan fingerprint density at radius 2 is 2.26 bits per heavy atom. The number of hydrogen-bond donors (Lipinski definition) is 2. The molecule has 2 rings (SSSR count). The summed E-state index contributed by atoms with van der Waals surface area (Å²) >= 11 is 6.24. The third kappa shape index (κ3) is 5.68. The molecule has 1 aliphatic rings. The first kappa shape index (κ1) is 18.0. The Kier molecular flexibility index (Phi) is 6.69. The number of halogens is 1. The second-order valence-corrected chi connectivity index (χ2v) is 6.77. The number of hydrogen-bond acceptors (Lipinski definition) is 4. The predicted octanol–water partition coefficient (Wildman–Crippen LogP) is 2.61. The van der Waals surface area contributed by atoms with Gasteiger partial charge in [0.15, 0.2) is 0 Å². The van der Waals surface area contributed by atoms with E-state index in [-0.39, 0.29) is 11.8 Å². The number of likely N-dealkylation sites (N-methyl/N-ethyl adjacent to an activating group) is 1. The lowest BCUT2D eigenvalue weighted by molar-refractivity contribution is -0.120. The maximum absolute atomic E-state index is 12.3.